The second-order valence-electron chi connectivity index (χ2n) is 10.6. The molecule has 3 aliphatic rings. The van der Waals surface area contributed by atoms with E-state index in [1.807, 2.05) is 6.92 Å². The smallest absolute Gasteiger partial charge is 0.303 e. The molecule has 0 aromatic rings. The summed E-state index contributed by atoms with van der Waals surface area (Å²) in [6, 6.07) is 0. The number of hydrogen-bond donors (Lipinski definition) is 7. The highest BCUT2D eigenvalue weighted by Crippen LogP contribution is 2.32. The van der Waals surface area contributed by atoms with Crippen LogP contribution in [0.5, 0.6) is 0 Å². The fraction of sp³-hybridized carbons (Fsp3) is 0.926. The largest absolute Gasteiger partial charge is 0.463 e. The molecule has 0 bridgehead atoms. The number of hydrogen-bond acceptors (Lipinski definition) is 16. The van der Waals surface area contributed by atoms with Crippen LogP contribution in [0.1, 0.15) is 48.5 Å². The maximum atomic E-state index is 11.4. The van der Waals surface area contributed by atoms with Crippen LogP contribution in [0.2, 0.25) is 0 Å². The zero-order valence-corrected chi connectivity index (χ0v) is 24.6. The van der Waals surface area contributed by atoms with E-state index >= 15 is 0 Å². The zero-order valence-electron chi connectivity index (χ0n) is 24.6. The molecule has 0 amide bonds. The zero-order chi connectivity index (χ0) is 31.9. The Labute approximate surface area is 251 Å². The molecule has 0 aliphatic carbocycles. The number of carbonyl (C=O) groups is 2. The Balaban J connectivity index is 0.000000596. The molecule has 3 rings (SSSR count). The molecule has 0 saturated carbocycles. The molecule has 3 saturated heterocycles. The molecule has 254 valence electrons. The lowest BCUT2D eigenvalue weighted by Crippen LogP contribution is -2.64. The fourth-order valence-corrected chi connectivity index (χ4v) is 4.86. The van der Waals surface area contributed by atoms with E-state index in [4.69, 9.17) is 33.2 Å². The molecule has 0 aromatic heterocycles. The van der Waals surface area contributed by atoms with Gasteiger partial charge in [-0.25, -0.2) is 0 Å². The molecule has 15 atom stereocenters. The standard InChI is InChI=1S/C18H30O12.C8H16O4.CH4/c1-7-11(6-26-8(2)20)29-17(13(23)12(7)22)30-15-10(5-19)28-18(25-4)16(14(15)24)27-9(3)21;1-3-5-7(10)6(9)4(2)8(11)12-5;/h7,10-19,22-24H,5-6H2,1-4H3;4-11H,3H2,1-2H3;1H4/t7-,10?,11?,12+,13?,14?,15-,16?,17+,18-;4?,5?,6-,7-,8-;/m11./s1. The van der Waals surface area contributed by atoms with Crippen molar-refractivity contribution < 1.29 is 78.5 Å². The summed E-state index contributed by atoms with van der Waals surface area (Å²) in [5, 5.41) is 69.2. The van der Waals surface area contributed by atoms with Crippen LogP contribution in [0.3, 0.4) is 0 Å². The first-order chi connectivity index (χ1) is 19.7. The Morgan fingerprint density at radius 2 is 1.30 bits per heavy atom. The van der Waals surface area contributed by atoms with E-state index in [1.54, 1.807) is 13.8 Å². The van der Waals surface area contributed by atoms with Gasteiger partial charge in [-0.15, -0.1) is 0 Å². The van der Waals surface area contributed by atoms with Gasteiger partial charge in [-0.3, -0.25) is 9.59 Å². The van der Waals surface area contributed by atoms with Gasteiger partial charge in [0.1, 0.15) is 37.1 Å². The second-order valence-corrected chi connectivity index (χ2v) is 10.6. The van der Waals surface area contributed by atoms with Gasteiger partial charge in [0.05, 0.1) is 31.0 Å². The van der Waals surface area contributed by atoms with Crippen molar-refractivity contribution in [1.29, 1.82) is 0 Å². The van der Waals surface area contributed by atoms with Crippen molar-refractivity contribution in [3.63, 3.8) is 0 Å². The third-order valence-corrected chi connectivity index (χ3v) is 7.57. The van der Waals surface area contributed by atoms with E-state index in [0.29, 0.717) is 6.42 Å². The molecule has 0 spiro atoms. The number of ether oxygens (including phenoxy) is 7. The van der Waals surface area contributed by atoms with Crippen molar-refractivity contribution in [3.05, 3.63) is 0 Å². The predicted octanol–water partition coefficient (Wildman–Crippen LogP) is -2.22. The van der Waals surface area contributed by atoms with Gasteiger partial charge in [0.25, 0.3) is 0 Å². The average molecular weight is 631 g/mol. The van der Waals surface area contributed by atoms with Crippen LogP contribution in [-0.4, -0.2) is 148 Å². The molecular weight excluding hydrogens is 580 g/mol. The second kappa shape index (κ2) is 17.8. The first-order valence-corrected chi connectivity index (χ1v) is 13.8. The minimum absolute atomic E-state index is 0. The summed E-state index contributed by atoms with van der Waals surface area (Å²) in [5.74, 6) is -2.27. The topological polar surface area (TPSA) is 240 Å². The first kappa shape index (κ1) is 39.5. The lowest BCUT2D eigenvalue weighted by molar-refractivity contribution is -0.353. The van der Waals surface area contributed by atoms with Gasteiger partial charge in [0.15, 0.2) is 25.0 Å². The van der Waals surface area contributed by atoms with Gasteiger partial charge in [-0.1, -0.05) is 28.2 Å². The molecule has 0 aromatic carbocycles. The summed E-state index contributed by atoms with van der Waals surface area (Å²) < 4.78 is 37.0. The maximum Gasteiger partial charge on any atom is 0.303 e. The molecule has 3 heterocycles. The number of methoxy groups -OCH3 is 1. The predicted molar refractivity (Wildman–Crippen MR) is 145 cm³/mol. The van der Waals surface area contributed by atoms with E-state index in [9.17, 15) is 45.3 Å². The highest BCUT2D eigenvalue weighted by Gasteiger charge is 2.51. The Morgan fingerprint density at radius 3 is 1.81 bits per heavy atom. The minimum Gasteiger partial charge on any atom is -0.463 e. The SMILES string of the molecule is C.CCC1O[C@@H](O)C(C)[C@@H](O)[C@@H]1O.CO[C@@H]1OC(CO)[C@@H](O[C@@H]2OC(COC(C)=O)[C@@H](C)[C@H](O)C2O)C(O)C1OC(C)=O. The van der Waals surface area contributed by atoms with Crippen molar-refractivity contribution in [3.8, 4) is 0 Å². The van der Waals surface area contributed by atoms with Gasteiger partial charge < -0.3 is 68.9 Å². The van der Waals surface area contributed by atoms with Crippen molar-refractivity contribution in [2.24, 2.45) is 11.8 Å². The number of aliphatic hydroxyl groups is 7. The van der Waals surface area contributed by atoms with E-state index in [1.165, 1.54) is 14.0 Å². The van der Waals surface area contributed by atoms with E-state index < -0.39 is 110 Å². The summed E-state index contributed by atoms with van der Waals surface area (Å²) in [6.45, 7) is 6.66. The summed E-state index contributed by atoms with van der Waals surface area (Å²) in [7, 11) is 1.27. The highest BCUT2D eigenvalue weighted by molar-refractivity contribution is 5.66. The van der Waals surface area contributed by atoms with Crippen LogP contribution in [0.15, 0.2) is 0 Å². The van der Waals surface area contributed by atoms with Gasteiger partial charge in [-0.05, 0) is 6.42 Å². The Hall–Kier alpha value is -1.54. The third-order valence-electron chi connectivity index (χ3n) is 7.57. The van der Waals surface area contributed by atoms with Crippen molar-refractivity contribution in [2.75, 3.05) is 20.3 Å². The number of aliphatic hydroxyl groups excluding tert-OH is 7. The molecule has 16 heteroatoms. The lowest BCUT2D eigenvalue weighted by atomic mass is 9.90. The molecule has 3 fully saturated rings. The van der Waals surface area contributed by atoms with Crippen LogP contribution in [-0.2, 0) is 42.7 Å². The van der Waals surface area contributed by atoms with Crippen molar-refractivity contribution >= 4 is 11.9 Å². The van der Waals surface area contributed by atoms with Crippen LogP contribution in [0, 0.1) is 11.8 Å². The quantitative estimate of drug-likeness (QED) is 0.141. The minimum atomic E-state index is -1.51. The van der Waals surface area contributed by atoms with Crippen molar-refractivity contribution in [1.82, 2.24) is 0 Å². The molecule has 7 unspecified atom stereocenters. The van der Waals surface area contributed by atoms with Gasteiger partial charge in [0.2, 0.25) is 0 Å². The first-order valence-electron chi connectivity index (χ1n) is 13.8. The number of carbonyl (C=O) groups excluding carboxylic acids is 2. The molecule has 7 N–H and O–H groups in total. The van der Waals surface area contributed by atoms with Gasteiger partial charge in [0, 0.05) is 32.8 Å². The molecule has 16 nitrogen and oxygen atoms in total. The summed E-state index contributed by atoms with van der Waals surface area (Å²) in [6.07, 6.45) is -14.0. The third kappa shape index (κ3) is 9.97. The van der Waals surface area contributed by atoms with Gasteiger partial charge in [-0.2, -0.15) is 0 Å². The Morgan fingerprint density at radius 1 is 0.721 bits per heavy atom. The normalized spacial score (nSPS) is 43.0. The number of esters is 2. The van der Waals surface area contributed by atoms with Crippen LogP contribution in [0.4, 0.5) is 0 Å². The lowest BCUT2D eigenvalue weighted by Gasteiger charge is -2.46. The van der Waals surface area contributed by atoms with E-state index in [-0.39, 0.29) is 14.0 Å². The van der Waals surface area contributed by atoms with Crippen molar-refractivity contribution in [2.45, 2.75) is 128 Å². The highest BCUT2D eigenvalue weighted by atomic mass is 16.7. The van der Waals surface area contributed by atoms with Crippen LogP contribution in [0.25, 0.3) is 0 Å². The number of rotatable bonds is 8. The fourth-order valence-electron chi connectivity index (χ4n) is 4.86. The summed E-state index contributed by atoms with van der Waals surface area (Å²) >= 11 is 0. The molecule has 0 radical (unpaired) electrons. The maximum absolute atomic E-state index is 11.4. The molecular formula is C27H50O16. The Kier molecular flexibility index (Phi) is 16.4. The van der Waals surface area contributed by atoms with Crippen LogP contribution < -0.4 is 0 Å². The van der Waals surface area contributed by atoms with Crippen LogP contribution >= 0.6 is 0 Å². The van der Waals surface area contributed by atoms with Gasteiger partial charge >= 0.3 is 11.9 Å². The molecule has 3 aliphatic heterocycles. The van der Waals surface area contributed by atoms with E-state index in [0.717, 1.165) is 6.92 Å². The molecule has 43 heavy (non-hydrogen) atoms. The Bertz CT molecular complexity index is 841. The summed E-state index contributed by atoms with van der Waals surface area (Å²) in [4.78, 5) is 22.5. The summed E-state index contributed by atoms with van der Waals surface area (Å²) in [5.41, 5.74) is 0. The van der Waals surface area contributed by atoms with E-state index in [2.05, 4.69) is 0 Å². The monoisotopic (exact) mass is 630 g/mol. The average Bonchev–Trinajstić information content (AvgIpc) is 2.95.